The maximum absolute atomic E-state index is 11.9. The molecule has 0 amide bonds. The summed E-state index contributed by atoms with van der Waals surface area (Å²) in [4.78, 5) is 16.1. The fourth-order valence-electron chi connectivity index (χ4n) is 2.33. The van der Waals surface area contributed by atoms with Crippen LogP contribution in [-0.2, 0) is 16.0 Å². The SMILES string of the molecule is CCC(C)(C)OC(=O)/C=C/c1ccc(CC(N)=N/C=C/c2ccccc2)cc1. The predicted molar refractivity (Wildman–Crippen MR) is 117 cm³/mol. The largest absolute Gasteiger partial charge is 0.457 e. The van der Waals surface area contributed by atoms with Crippen LogP contribution in [0.5, 0.6) is 0 Å². The lowest BCUT2D eigenvalue weighted by Crippen LogP contribution is -2.25. The Labute approximate surface area is 167 Å². The summed E-state index contributed by atoms with van der Waals surface area (Å²) >= 11 is 0. The van der Waals surface area contributed by atoms with Crippen LogP contribution >= 0.6 is 0 Å². The van der Waals surface area contributed by atoms with Crippen molar-refractivity contribution in [3.05, 3.63) is 83.6 Å². The third-order valence-corrected chi connectivity index (χ3v) is 4.31. The summed E-state index contributed by atoms with van der Waals surface area (Å²) in [5.74, 6) is 0.207. The van der Waals surface area contributed by atoms with E-state index in [1.807, 2.05) is 81.4 Å². The van der Waals surface area contributed by atoms with Gasteiger partial charge >= 0.3 is 5.97 Å². The van der Waals surface area contributed by atoms with E-state index in [4.69, 9.17) is 10.5 Å². The number of ether oxygens (including phenoxy) is 1. The van der Waals surface area contributed by atoms with Gasteiger partial charge in [-0.1, -0.05) is 61.5 Å². The van der Waals surface area contributed by atoms with Gasteiger partial charge in [-0.3, -0.25) is 0 Å². The number of amidine groups is 1. The third-order valence-electron chi connectivity index (χ3n) is 4.31. The van der Waals surface area contributed by atoms with E-state index in [0.29, 0.717) is 12.3 Å². The third kappa shape index (κ3) is 7.62. The van der Waals surface area contributed by atoms with Crippen molar-refractivity contribution in [3.8, 4) is 0 Å². The maximum Gasteiger partial charge on any atom is 0.331 e. The first-order valence-electron chi connectivity index (χ1n) is 9.42. The summed E-state index contributed by atoms with van der Waals surface area (Å²) in [5.41, 5.74) is 8.62. The summed E-state index contributed by atoms with van der Waals surface area (Å²) in [5, 5.41) is 0. The molecule has 0 bridgehead atoms. The minimum atomic E-state index is -0.447. The van der Waals surface area contributed by atoms with Gasteiger partial charge in [0, 0.05) is 18.7 Å². The molecule has 2 N–H and O–H groups in total. The molecule has 0 fully saturated rings. The second-order valence-electron chi connectivity index (χ2n) is 7.13. The number of aliphatic imine (C=N–C) groups is 1. The van der Waals surface area contributed by atoms with Crippen molar-refractivity contribution in [1.82, 2.24) is 0 Å². The van der Waals surface area contributed by atoms with Gasteiger partial charge in [0.2, 0.25) is 0 Å². The van der Waals surface area contributed by atoms with Gasteiger partial charge in [0.15, 0.2) is 0 Å². The smallest absolute Gasteiger partial charge is 0.331 e. The van der Waals surface area contributed by atoms with Crippen molar-refractivity contribution >= 4 is 24.0 Å². The topological polar surface area (TPSA) is 64.7 Å². The second-order valence-corrected chi connectivity index (χ2v) is 7.13. The maximum atomic E-state index is 11.9. The van der Waals surface area contributed by atoms with E-state index < -0.39 is 5.60 Å². The zero-order valence-corrected chi connectivity index (χ0v) is 16.8. The zero-order valence-electron chi connectivity index (χ0n) is 16.8. The van der Waals surface area contributed by atoms with Crippen molar-refractivity contribution in [3.63, 3.8) is 0 Å². The van der Waals surface area contributed by atoms with Crippen molar-refractivity contribution in [2.24, 2.45) is 10.7 Å². The number of nitrogens with zero attached hydrogens (tertiary/aromatic N) is 1. The van der Waals surface area contributed by atoms with Gasteiger partial charge in [-0.15, -0.1) is 0 Å². The summed E-state index contributed by atoms with van der Waals surface area (Å²) in [7, 11) is 0. The summed E-state index contributed by atoms with van der Waals surface area (Å²) < 4.78 is 5.39. The van der Waals surface area contributed by atoms with Crippen LogP contribution in [0.4, 0.5) is 0 Å². The van der Waals surface area contributed by atoms with Crippen molar-refractivity contribution in [2.75, 3.05) is 0 Å². The quantitative estimate of drug-likeness (QED) is 0.305. The number of rotatable bonds is 8. The molecule has 0 aliphatic carbocycles. The molecule has 28 heavy (non-hydrogen) atoms. The Morgan fingerprint density at radius 3 is 2.32 bits per heavy atom. The molecule has 0 aliphatic heterocycles. The highest BCUT2D eigenvalue weighted by Crippen LogP contribution is 2.14. The molecule has 0 aromatic heterocycles. The first kappa shape index (κ1) is 21.2. The molecule has 0 unspecified atom stereocenters. The fraction of sp³-hybridized carbons (Fsp3) is 0.250. The molecule has 0 heterocycles. The molecular weight excluding hydrogens is 348 g/mol. The van der Waals surface area contributed by atoms with E-state index in [-0.39, 0.29) is 5.97 Å². The lowest BCUT2D eigenvalue weighted by molar-refractivity contribution is -0.150. The van der Waals surface area contributed by atoms with E-state index >= 15 is 0 Å². The fourth-order valence-corrected chi connectivity index (χ4v) is 2.33. The highest BCUT2D eigenvalue weighted by Gasteiger charge is 2.18. The van der Waals surface area contributed by atoms with E-state index in [1.54, 1.807) is 12.3 Å². The van der Waals surface area contributed by atoms with Crippen molar-refractivity contribution in [2.45, 2.75) is 39.2 Å². The van der Waals surface area contributed by atoms with Crippen LogP contribution in [0.2, 0.25) is 0 Å². The van der Waals surface area contributed by atoms with Gasteiger partial charge in [-0.05, 0) is 49.1 Å². The van der Waals surface area contributed by atoms with Gasteiger partial charge in [0.05, 0.1) is 0 Å². The van der Waals surface area contributed by atoms with Crippen LogP contribution in [0.25, 0.3) is 12.2 Å². The van der Waals surface area contributed by atoms with Gasteiger partial charge < -0.3 is 10.5 Å². The van der Waals surface area contributed by atoms with Gasteiger partial charge in [0.25, 0.3) is 0 Å². The number of nitrogens with two attached hydrogens (primary N) is 1. The normalized spacial score (nSPS) is 12.6. The first-order chi connectivity index (χ1) is 13.4. The molecule has 4 nitrogen and oxygen atoms in total. The molecule has 2 aromatic rings. The summed E-state index contributed by atoms with van der Waals surface area (Å²) in [6.45, 7) is 5.78. The molecule has 0 radical (unpaired) electrons. The lowest BCUT2D eigenvalue weighted by atomic mass is 10.1. The minimum Gasteiger partial charge on any atom is -0.457 e. The van der Waals surface area contributed by atoms with E-state index in [0.717, 1.165) is 23.1 Å². The highest BCUT2D eigenvalue weighted by molar-refractivity contribution is 5.87. The Hall–Kier alpha value is -3.14. The number of hydrogen-bond acceptors (Lipinski definition) is 3. The van der Waals surface area contributed by atoms with Crippen molar-refractivity contribution < 1.29 is 9.53 Å². The number of hydrogen-bond donors (Lipinski definition) is 1. The Morgan fingerprint density at radius 2 is 1.68 bits per heavy atom. The van der Waals surface area contributed by atoms with Gasteiger partial charge in [-0.2, -0.15) is 0 Å². The van der Waals surface area contributed by atoms with Gasteiger partial charge in [-0.25, -0.2) is 9.79 Å². The summed E-state index contributed by atoms with van der Waals surface area (Å²) in [6.07, 6.45) is 8.17. The number of carbonyl (C=O) groups excluding carboxylic acids is 1. The van der Waals surface area contributed by atoms with Crippen LogP contribution in [0.3, 0.4) is 0 Å². The molecule has 2 rings (SSSR count). The molecule has 4 heteroatoms. The van der Waals surface area contributed by atoms with Crippen LogP contribution in [-0.4, -0.2) is 17.4 Å². The minimum absolute atomic E-state index is 0.336. The van der Waals surface area contributed by atoms with E-state index in [9.17, 15) is 4.79 Å². The molecule has 0 spiro atoms. The highest BCUT2D eigenvalue weighted by atomic mass is 16.6. The second kappa shape index (κ2) is 10.3. The van der Waals surface area contributed by atoms with E-state index in [1.165, 1.54) is 6.08 Å². The molecule has 2 aromatic carbocycles. The molecule has 146 valence electrons. The van der Waals surface area contributed by atoms with Crippen molar-refractivity contribution in [1.29, 1.82) is 0 Å². The van der Waals surface area contributed by atoms with Gasteiger partial charge in [0.1, 0.15) is 11.4 Å². The predicted octanol–water partition coefficient (Wildman–Crippen LogP) is 5.00. The molecule has 0 atom stereocenters. The van der Waals surface area contributed by atoms with E-state index in [2.05, 4.69) is 4.99 Å². The Morgan fingerprint density at radius 1 is 1.04 bits per heavy atom. The number of esters is 1. The Kier molecular flexibility index (Phi) is 7.76. The first-order valence-corrected chi connectivity index (χ1v) is 9.42. The monoisotopic (exact) mass is 376 g/mol. The Balaban J connectivity index is 1.89. The molecular formula is C24H28N2O2. The Bertz CT molecular complexity index is 848. The van der Waals surface area contributed by atoms with Crippen LogP contribution in [0.1, 0.15) is 43.9 Å². The lowest BCUT2D eigenvalue weighted by Gasteiger charge is -2.22. The molecule has 0 saturated carbocycles. The molecule has 0 aliphatic rings. The summed E-state index contributed by atoms with van der Waals surface area (Å²) in [6, 6.07) is 17.8. The average molecular weight is 376 g/mol. The van der Waals surface area contributed by atoms with Crippen LogP contribution in [0.15, 0.2) is 71.9 Å². The van der Waals surface area contributed by atoms with Crippen LogP contribution < -0.4 is 5.73 Å². The number of carbonyl (C=O) groups is 1. The average Bonchev–Trinajstić information content (AvgIpc) is 2.68. The van der Waals surface area contributed by atoms with Crippen LogP contribution in [0, 0.1) is 0 Å². The standard InChI is InChI=1S/C24H28N2O2/c1-4-24(2,3)28-23(27)15-14-20-10-12-21(13-11-20)18-22(25)26-17-16-19-8-6-5-7-9-19/h5-17H,4,18H2,1-3H3,(H2,25,26)/b15-14+,17-16+. The zero-order chi connectivity index (χ0) is 20.4. The molecule has 0 saturated heterocycles. The number of benzene rings is 2.